The Hall–Kier alpha value is -1.42. The number of amides is 1. The highest BCUT2D eigenvalue weighted by Gasteiger charge is 2.14. The number of aliphatic hydroxyl groups excluding tert-OH is 1. The van der Waals surface area contributed by atoms with Gasteiger partial charge in [0.15, 0.2) is 0 Å². The van der Waals surface area contributed by atoms with Crippen molar-refractivity contribution in [1.29, 1.82) is 0 Å². The number of rotatable bonds is 4. The summed E-state index contributed by atoms with van der Waals surface area (Å²) in [5, 5.41) is 11.5. The minimum Gasteiger partial charge on any atom is -0.394 e. The molecule has 0 aliphatic heterocycles. The molecule has 0 radical (unpaired) electrons. The molecular formula is C12H16FNO2. The van der Waals surface area contributed by atoms with Crippen LogP contribution in [0.1, 0.15) is 29.3 Å². The van der Waals surface area contributed by atoms with Crippen LogP contribution in [0.25, 0.3) is 0 Å². The zero-order valence-electron chi connectivity index (χ0n) is 9.46. The molecule has 0 heterocycles. The van der Waals surface area contributed by atoms with Crippen LogP contribution in [0.3, 0.4) is 0 Å². The molecule has 0 fully saturated rings. The molecule has 0 aliphatic carbocycles. The first-order valence-corrected chi connectivity index (χ1v) is 5.26. The van der Waals surface area contributed by atoms with Crippen LogP contribution in [0.5, 0.6) is 0 Å². The van der Waals surface area contributed by atoms with E-state index in [1.54, 1.807) is 13.0 Å². The van der Waals surface area contributed by atoms with Gasteiger partial charge < -0.3 is 10.4 Å². The molecule has 1 aromatic carbocycles. The summed E-state index contributed by atoms with van der Waals surface area (Å²) in [7, 11) is 0. The molecule has 0 spiro atoms. The number of carbonyl (C=O) groups is 1. The van der Waals surface area contributed by atoms with Crippen LogP contribution in [-0.4, -0.2) is 23.7 Å². The quantitative estimate of drug-likeness (QED) is 0.818. The monoisotopic (exact) mass is 225 g/mol. The molecule has 88 valence electrons. The Labute approximate surface area is 94.3 Å². The van der Waals surface area contributed by atoms with Gasteiger partial charge in [0.25, 0.3) is 5.91 Å². The Balaban J connectivity index is 2.80. The molecule has 1 rings (SSSR count). The van der Waals surface area contributed by atoms with E-state index >= 15 is 0 Å². The molecule has 0 saturated heterocycles. The van der Waals surface area contributed by atoms with Crippen molar-refractivity contribution in [1.82, 2.24) is 5.32 Å². The summed E-state index contributed by atoms with van der Waals surface area (Å²) >= 11 is 0. The van der Waals surface area contributed by atoms with E-state index in [1.807, 2.05) is 6.92 Å². The third-order valence-electron chi connectivity index (χ3n) is 2.42. The van der Waals surface area contributed by atoms with Gasteiger partial charge >= 0.3 is 0 Å². The standard InChI is InChI=1S/C12H16FNO2/c1-3-9(7-15)14-12(16)10-5-4-8(2)6-11(10)13/h4-6,9,15H,3,7H2,1-2H3,(H,14,16)/t9-/m1/s1. The van der Waals surface area contributed by atoms with Crippen molar-refractivity contribution in [3.8, 4) is 0 Å². The third-order valence-corrected chi connectivity index (χ3v) is 2.42. The Morgan fingerprint density at radius 1 is 1.56 bits per heavy atom. The molecule has 1 amide bonds. The zero-order valence-corrected chi connectivity index (χ0v) is 9.46. The van der Waals surface area contributed by atoms with Gasteiger partial charge in [-0.05, 0) is 31.0 Å². The summed E-state index contributed by atoms with van der Waals surface area (Å²) in [5.41, 5.74) is 0.778. The summed E-state index contributed by atoms with van der Waals surface area (Å²) in [4.78, 5) is 11.6. The predicted octanol–water partition coefficient (Wildman–Crippen LogP) is 1.63. The molecule has 1 atom stereocenters. The van der Waals surface area contributed by atoms with Crippen molar-refractivity contribution in [3.05, 3.63) is 35.1 Å². The zero-order chi connectivity index (χ0) is 12.1. The number of halogens is 1. The first-order chi connectivity index (χ1) is 7.58. The number of aliphatic hydroxyl groups is 1. The van der Waals surface area contributed by atoms with Crippen molar-refractivity contribution in [3.63, 3.8) is 0 Å². The molecule has 2 N–H and O–H groups in total. The summed E-state index contributed by atoms with van der Waals surface area (Å²) in [6.45, 7) is 3.45. The van der Waals surface area contributed by atoms with E-state index in [1.165, 1.54) is 12.1 Å². The lowest BCUT2D eigenvalue weighted by atomic mass is 10.1. The van der Waals surface area contributed by atoms with Crippen molar-refractivity contribution >= 4 is 5.91 Å². The largest absolute Gasteiger partial charge is 0.394 e. The second-order valence-corrected chi connectivity index (χ2v) is 3.74. The van der Waals surface area contributed by atoms with Crippen LogP contribution in [0.4, 0.5) is 4.39 Å². The van der Waals surface area contributed by atoms with Gasteiger partial charge in [-0.3, -0.25) is 4.79 Å². The number of nitrogens with one attached hydrogen (secondary N) is 1. The first-order valence-electron chi connectivity index (χ1n) is 5.26. The second kappa shape index (κ2) is 5.61. The predicted molar refractivity (Wildman–Crippen MR) is 59.8 cm³/mol. The third kappa shape index (κ3) is 3.03. The van der Waals surface area contributed by atoms with E-state index < -0.39 is 11.7 Å². The second-order valence-electron chi connectivity index (χ2n) is 3.74. The molecular weight excluding hydrogens is 209 g/mol. The van der Waals surface area contributed by atoms with Gasteiger partial charge in [-0.1, -0.05) is 13.0 Å². The molecule has 3 nitrogen and oxygen atoms in total. The maximum atomic E-state index is 13.4. The van der Waals surface area contributed by atoms with Gasteiger partial charge in [0.1, 0.15) is 5.82 Å². The van der Waals surface area contributed by atoms with E-state index in [0.717, 1.165) is 5.56 Å². The molecule has 1 aromatic rings. The average molecular weight is 225 g/mol. The van der Waals surface area contributed by atoms with E-state index in [0.29, 0.717) is 6.42 Å². The maximum Gasteiger partial charge on any atom is 0.254 e. The van der Waals surface area contributed by atoms with Crippen LogP contribution in [0.2, 0.25) is 0 Å². The van der Waals surface area contributed by atoms with Crippen LogP contribution in [0, 0.1) is 12.7 Å². The number of carbonyl (C=O) groups excluding carboxylic acids is 1. The first kappa shape index (κ1) is 12.6. The highest BCUT2D eigenvalue weighted by atomic mass is 19.1. The maximum absolute atomic E-state index is 13.4. The lowest BCUT2D eigenvalue weighted by molar-refractivity contribution is 0.0911. The van der Waals surface area contributed by atoms with Gasteiger partial charge in [-0.15, -0.1) is 0 Å². The SMILES string of the molecule is CC[C@H](CO)NC(=O)c1ccc(C)cc1F. The summed E-state index contributed by atoms with van der Waals surface area (Å²) in [6.07, 6.45) is 0.607. The summed E-state index contributed by atoms with van der Waals surface area (Å²) in [5.74, 6) is -1.02. The van der Waals surface area contributed by atoms with Crippen LogP contribution in [0.15, 0.2) is 18.2 Å². The molecule has 0 saturated carbocycles. The van der Waals surface area contributed by atoms with E-state index in [2.05, 4.69) is 5.32 Å². The lowest BCUT2D eigenvalue weighted by Crippen LogP contribution is -2.37. The van der Waals surface area contributed by atoms with E-state index in [9.17, 15) is 9.18 Å². The van der Waals surface area contributed by atoms with Crippen molar-refractivity contribution in [2.75, 3.05) is 6.61 Å². The van der Waals surface area contributed by atoms with Crippen LogP contribution < -0.4 is 5.32 Å². The summed E-state index contributed by atoms with van der Waals surface area (Å²) < 4.78 is 13.4. The number of hydrogen-bond acceptors (Lipinski definition) is 2. The highest BCUT2D eigenvalue weighted by molar-refractivity contribution is 5.94. The Morgan fingerprint density at radius 2 is 2.25 bits per heavy atom. The fraction of sp³-hybridized carbons (Fsp3) is 0.417. The Bertz CT molecular complexity index is 375. The Kier molecular flexibility index (Phi) is 4.43. The Morgan fingerprint density at radius 3 is 2.75 bits per heavy atom. The highest BCUT2D eigenvalue weighted by Crippen LogP contribution is 2.10. The van der Waals surface area contributed by atoms with Crippen molar-refractivity contribution in [2.45, 2.75) is 26.3 Å². The topological polar surface area (TPSA) is 49.3 Å². The van der Waals surface area contributed by atoms with Crippen LogP contribution in [-0.2, 0) is 0 Å². The smallest absolute Gasteiger partial charge is 0.254 e. The minimum absolute atomic E-state index is 0.0116. The van der Waals surface area contributed by atoms with Gasteiger partial charge in [0.2, 0.25) is 0 Å². The fourth-order valence-electron chi connectivity index (χ4n) is 1.34. The number of benzene rings is 1. The van der Waals surface area contributed by atoms with Gasteiger partial charge in [-0.25, -0.2) is 4.39 Å². The van der Waals surface area contributed by atoms with Crippen LogP contribution >= 0.6 is 0 Å². The summed E-state index contributed by atoms with van der Waals surface area (Å²) in [6, 6.07) is 4.12. The van der Waals surface area contributed by atoms with Gasteiger partial charge in [0, 0.05) is 0 Å². The van der Waals surface area contributed by atoms with Crippen molar-refractivity contribution in [2.24, 2.45) is 0 Å². The van der Waals surface area contributed by atoms with E-state index in [4.69, 9.17) is 5.11 Å². The molecule has 4 heteroatoms. The van der Waals surface area contributed by atoms with Gasteiger partial charge in [0.05, 0.1) is 18.2 Å². The number of aryl methyl sites for hydroxylation is 1. The minimum atomic E-state index is -0.537. The molecule has 0 unspecified atom stereocenters. The van der Waals surface area contributed by atoms with Gasteiger partial charge in [-0.2, -0.15) is 0 Å². The normalized spacial score (nSPS) is 12.2. The molecule has 0 aliphatic rings. The van der Waals surface area contributed by atoms with E-state index in [-0.39, 0.29) is 18.2 Å². The van der Waals surface area contributed by atoms with Crippen molar-refractivity contribution < 1.29 is 14.3 Å². The number of hydrogen-bond donors (Lipinski definition) is 2. The molecule has 0 bridgehead atoms. The lowest BCUT2D eigenvalue weighted by Gasteiger charge is -2.14. The average Bonchev–Trinajstić information content (AvgIpc) is 2.25. The molecule has 0 aromatic heterocycles. The fourth-order valence-corrected chi connectivity index (χ4v) is 1.34. The molecule has 16 heavy (non-hydrogen) atoms.